The maximum absolute atomic E-state index is 4.85. The van der Waals surface area contributed by atoms with E-state index in [0.717, 1.165) is 33.1 Å². The van der Waals surface area contributed by atoms with Crippen LogP contribution >= 0.6 is 0 Å². The lowest BCUT2D eigenvalue weighted by Gasteiger charge is -2.10. The van der Waals surface area contributed by atoms with Crippen LogP contribution in [-0.4, -0.2) is 14.4 Å². The number of hydrogen-bond acceptors (Lipinski definition) is 2. The summed E-state index contributed by atoms with van der Waals surface area (Å²) in [6.07, 6.45) is 1.85. The van der Waals surface area contributed by atoms with E-state index >= 15 is 0 Å². The number of imidazole rings is 1. The molecule has 5 rings (SSSR count). The van der Waals surface area contributed by atoms with Crippen LogP contribution in [0.15, 0.2) is 60.8 Å². The summed E-state index contributed by atoms with van der Waals surface area (Å²) >= 11 is 0. The van der Waals surface area contributed by atoms with Crippen LogP contribution in [0.3, 0.4) is 0 Å². The van der Waals surface area contributed by atoms with Crippen LogP contribution in [0.4, 0.5) is 0 Å². The summed E-state index contributed by atoms with van der Waals surface area (Å²) in [6, 6.07) is 18.8. The number of nitrogens with zero attached hydrogens (tertiary/aromatic N) is 3. The number of fused-ring (bicyclic) bond motifs is 8. The molecule has 3 nitrogen and oxygen atoms in total. The molecule has 0 saturated heterocycles. The van der Waals surface area contributed by atoms with Crippen LogP contribution in [0.25, 0.3) is 38.5 Å². The molecule has 0 aliphatic rings. The van der Waals surface area contributed by atoms with Crippen molar-refractivity contribution in [2.24, 2.45) is 0 Å². The molecule has 0 spiro atoms. The Morgan fingerprint density at radius 3 is 2.68 bits per heavy atom. The second-order valence-corrected chi connectivity index (χ2v) is 5.63. The van der Waals surface area contributed by atoms with Crippen molar-refractivity contribution < 1.29 is 0 Å². The molecule has 0 unspecified atom stereocenters. The van der Waals surface area contributed by atoms with Crippen molar-refractivity contribution in [2.45, 2.75) is 6.92 Å². The highest BCUT2D eigenvalue weighted by Gasteiger charge is 2.14. The fourth-order valence-electron chi connectivity index (χ4n) is 3.38. The van der Waals surface area contributed by atoms with Crippen molar-refractivity contribution in [2.75, 3.05) is 0 Å². The fourth-order valence-corrected chi connectivity index (χ4v) is 3.38. The van der Waals surface area contributed by atoms with Crippen molar-refractivity contribution in [3.8, 4) is 0 Å². The minimum atomic E-state index is 0.974. The van der Waals surface area contributed by atoms with Gasteiger partial charge in [-0.2, -0.15) is 0 Å². The van der Waals surface area contributed by atoms with Crippen molar-refractivity contribution in [3.63, 3.8) is 0 Å². The van der Waals surface area contributed by atoms with E-state index in [4.69, 9.17) is 4.98 Å². The molecule has 22 heavy (non-hydrogen) atoms. The average molecular weight is 283 g/mol. The quantitative estimate of drug-likeness (QED) is 0.392. The van der Waals surface area contributed by atoms with E-state index in [0.29, 0.717) is 0 Å². The standard InChI is InChI=1S/C19H13N3/c1-12-6-4-10-16-17(12)18-13(7-5-11-20-18)19-21-14-8-2-3-9-15(14)22(16)19/h2-11H,1H3. The van der Waals surface area contributed by atoms with Crippen LogP contribution in [-0.2, 0) is 0 Å². The Kier molecular flexibility index (Phi) is 2.15. The SMILES string of the molecule is Cc1cccc2c1c1ncccc1c1nc3ccccc3n21. The van der Waals surface area contributed by atoms with Gasteiger partial charge in [0.1, 0.15) is 5.65 Å². The van der Waals surface area contributed by atoms with E-state index in [9.17, 15) is 0 Å². The largest absolute Gasteiger partial charge is 0.292 e. The highest BCUT2D eigenvalue weighted by molar-refractivity contribution is 6.12. The van der Waals surface area contributed by atoms with Gasteiger partial charge >= 0.3 is 0 Å². The van der Waals surface area contributed by atoms with Gasteiger partial charge in [-0.15, -0.1) is 0 Å². The summed E-state index contributed by atoms with van der Waals surface area (Å²) in [5.41, 5.74) is 6.55. The summed E-state index contributed by atoms with van der Waals surface area (Å²) in [6.45, 7) is 2.14. The van der Waals surface area contributed by atoms with Crippen molar-refractivity contribution >= 4 is 38.5 Å². The molecule has 0 saturated carbocycles. The molecular formula is C19H13N3. The van der Waals surface area contributed by atoms with Gasteiger partial charge in [0.2, 0.25) is 0 Å². The molecule has 0 fully saturated rings. The number of rotatable bonds is 0. The lowest BCUT2D eigenvalue weighted by molar-refractivity contribution is 1.29. The topological polar surface area (TPSA) is 30.2 Å². The third kappa shape index (κ3) is 1.35. The number of benzene rings is 2. The third-order valence-electron chi connectivity index (χ3n) is 4.34. The molecule has 2 aromatic carbocycles. The minimum absolute atomic E-state index is 0.974. The second kappa shape index (κ2) is 4.04. The first-order valence-corrected chi connectivity index (χ1v) is 7.38. The Morgan fingerprint density at radius 2 is 1.73 bits per heavy atom. The molecule has 0 atom stereocenters. The van der Waals surface area contributed by atoms with Gasteiger partial charge in [0, 0.05) is 17.0 Å². The zero-order valence-corrected chi connectivity index (χ0v) is 12.1. The van der Waals surface area contributed by atoms with Crippen LogP contribution < -0.4 is 0 Å². The maximum Gasteiger partial charge on any atom is 0.147 e. The van der Waals surface area contributed by atoms with Crippen LogP contribution in [0.1, 0.15) is 5.56 Å². The first-order chi connectivity index (χ1) is 10.8. The molecule has 0 aliphatic carbocycles. The van der Waals surface area contributed by atoms with E-state index in [-0.39, 0.29) is 0 Å². The summed E-state index contributed by atoms with van der Waals surface area (Å²) in [7, 11) is 0. The molecular weight excluding hydrogens is 270 g/mol. The second-order valence-electron chi connectivity index (χ2n) is 5.63. The van der Waals surface area contributed by atoms with Gasteiger partial charge in [-0.05, 0) is 42.8 Å². The van der Waals surface area contributed by atoms with E-state index in [1.54, 1.807) is 0 Å². The molecule has 3 heterocycles. The van der Waals surface area contributed by atoms with Crippen LogP contribution in [0.5, 0.6) is 0 Å². The minimum Gasteiger partial charge on any atom is -0.292 e. The van der Waals surface area contributed by atoms with Gasteiger partial charge in [-0.25, -0.2) is 4.98 Å². The molecule has 3 aromatic heterocycles. The van der Waals surface area contributed by atoms with Crippen molar-refractivity contribution in [1.82, 2.24) is 14.4 Å². The molecule has 104 valence electrons. The van der Waals surface area contributed by atoms with Crippen LogP contribution in [0.2, 0.25) is 0 Å². The maximum atomic E-state index is 4.85. The first-order valence-electron chi connectivity index (χ1n) is 7.38. The summed E-state index contributed by atoms with van der Waals surface area (Å²) in [4.78, 5) is 9.48. The zero-order chi connectivity index (χ0) is 14.7. The van der Waals surface area contributed by atoms with Gasteiger partial charge < -0.3 is 0 Å². The van der Waals surface area contributed by atoms with Gasteiger partial charge in [0.25, 0.3) is 0 Å². The lowest BCUT2D eigenvalue weighted by atomic mass is 10.1. The van der Waals surface area contributed by atoms with Gasteiger partial charge in [0.15, 0.2) is 0 Å². The molecule has 0 radical (unpaired) electrons. The molecule has 3 heteroatoms. The van der Waals surface area contributed by atoms with E-state index in [1.807, 2.05) is 18.3 Å². The fraction of sp³-hybridized carbons (Fsp3) is 0.0526. The highest BCUT2D eigenvalue weighted by Crippen LogP contribution is 2.32. The molecule has 0 amide bonds. The van der Waals surface area contributed by atoms with Gasteiger partial charge in [-0.3, -0.25) is 9.38 Å². The van der Waals surface area contributed by atoms with E-state index < -0.39 is 0 Å². The Bertz CT molecular complexity index is 1190. The lowest BCUT2D eigenvalue weighted by Crippen LogP contribution is -1.94. The number of aromatic nitrogens is 3. The summed E-state index contributed by atoms with van der Waals surface area (Å²) < 4.78 is 2.25. The summed E-state index contributed by atoms with van der Waals surface area (Å²) in [5, 5.41) is 2.30. The van der Waals surface area contributed by atoms with Crippen LogP contribution in [0, 0.1) is 6.92 Å². The van der Waals surface area contributed by atoms with E-state index in [2.05, 4.69) is 58.8 Å². The van der Waals surface area contributed by atoms with Crippen molar-refractivity contribution in [1.29, 1.82) is 0 Å². The smallest absolute Gasteiger partial charge is 0.147 e. The monoisotopic (exact) mass is 283 g/mol. The zero-order valence-electron chi connectivity index (χ0n) is 12.1. The van der Waals surface area contributed by atoms with Gasteiger partial charge in [-0.1, -0.05) is 24.3 Å². The normalized spacial score (nSPS) is 11.9. The van der Waals surface area contributed by atoms with Crippen molar-refractivity contribution in [3.05, 3.63) is 66.4 Å². The van der Waals surface area contributed by atoms with E-state index in [1.165, 1.54) is 10.9 Å². The summed E-state index contributed by atoms with van der Waals surface area (Å²) in [5.74, 6) is 0. The number of para-hydroxylation sites is 2. The van der Waals surface area contributed by atoms with Gasteiger partial charge in [0.05, 0.1) is 22.1 Å². The molecule has 0 bridgehead atoms. The molecule has 5 aromatic rings. The number of aryl methyl sites for hydroxylation is 1. The Hall–Kier alpha value is -2.94. The molecule has 0 N–H and O–H groups in total. The molecule has 0 aliphatic heterocycles. The third-order valence-corrected chi connectivity index (χ3v) is 4.34. The Labute approximate surface area is 126 Å². The Balaban J connectivity index is 2.26. The predicted molar refractivity (Wildman–Crippen MR) is 90.2 cm³/mol. The highest BCUT2D eigenvalue weighted by atomic mass is 15.0. The number of hydrogen-bond donors (Lipinski definition) is 0. The predicted octanol–water partition coefficient (Wildman–Crippen LogP) is 4.50. The average Bonchev–Trinajstić information content (AvgIpc) is 2.95. The Morgan fingerprint density at radius 1 is 0.864 bits per heavy atom. The first kappa shape index (κ1) is 11.7. The number of pyridine rings is 2.